The lowest BCUT2D eigenvalue weighted by Crippen LogP contribution is -2.27. The summed E-state index contributed by atoms with van der Waals surface area (Å²) in [5.41, 5.74) is 3.92. The molecule has 0 saturated carbocycles. The summed E-state index contributed by atoms with van der Waals surface area (Å²) in [5.74, 6) is 0.0168. The van der Waals surface area contributed by atoms with Crippen molar-refractivity contribution in [2.75, 3.05) is 22.6 Å². The van der Waals surface area contributed by atoms with Crippen molar-refractivity contribution in [3.8, 4) is 0 Å². The van der Waals surface area contributed by atoms with Gasteiger partial charge in [0.2, 0.25) is 5.91 Å². The molecule has 44 heavy (non-hydrogen) atoms. The number of hydrogen-bond acceptors (Lipinski definition) is 7. The number of rotatable bonds is 10. The van der Waals surface area contributed by atoms with E-state index in [2.05, 4.69) is 36.7 Å². The molecule has 1 aliphatic rings. The number of carbonyl (C=O) groups is 3. The van der Waals surface area contributed by atoms with E-state index < -0.39 is 0 Å². The van der Waals surface area contributed by atoms with Crippen LogP contribution in [0.25, 0.3) is 0 Å². The van der Waals surface area contributed by atoms with Crippen LogP contribution in [-0.4, -0.2) is 34.6 Å². The van der Waals surface area contributed by atoms with E-state index in [1.807, 2.05) is 43.3 Å². The van der Waals surface area contributed by atoms with Crippen molar-refractivity contribution < 1.29 is 19.1 Å². The summed E-state index contributed by atoms with van der Waals surface area (Å²) >= 11 is 8.48. The Kier molecular flexibility index (Phi) is 11.3. The smallest absolute Gasteiger partial charge is 0.341 e. The average molecular weight is 652 g/mol. The molecule has 0 saturated heterocycles. The van der Waals surface area contributed by atoms with Gasteiger partial charge in [-0.3, -0.25) is 9.59 Å². The highest BCUT2D eigenvalue weighted by molar-refractivity contribution is 8.00. The van der Waals surface area contributed by atoms with Crippen LogP contribution in [0.4, 0.5) is 16.4 Å². The van der Waals surface area contributed by atoms with E-state index in [0.717, 1.165) is 41.1 Å². The second-order valence-corrected chi connectivity index (χ2v) is 14.8. The summed E-state index contributed by atoms with van der Waals surface area (Å²) in [7, 11) is 0. The fraction of sp³-hybridized carbons (Fsp3) is 0.412. The largest absolute Gasteiger partial charge is 0.462 e. The van der Waals surface area contributed by atoms with Crippen LogP contribution in [-0.2, 0) is 22.4 Å². The molecule has 1 heterocycles. The second kappa shape index (κ2) is 14.7. The highest BCUT2D eigenvalue weighted by Gasteiger charge is 2.35. The number of Topliss-reactive ketones (excluding diaryl/α,β-unsaturated/α-hetero) is 1. The van der Waals surface area contributed by atoms with Crippen LogP contribution in [0.15, 0.2) is 53.4 Å². The number of thioether (sulfide) groups is 1. The van der Waals surface area contributed by atoms with Crippen molar-refractivity contribution in [2.24, 2.45) is 11.3 Å². The molecule has 10 heteroatoms. The molecule has 3 N–H and O–H groups in total. The van der Waals surface area contributed by atoms with E-state index >= 15 is 0 Å². The molecule has 4 rings (SSSR count). The molecule has 2 aromatic carbocycles. The fourth-order valence-electron chi connectivity index (χ4n) is 5.24. The van der Waals surface area contributed by atoms with Gasteiger partial charge in [0, 0.05) is 26.7 Å². The molecule has 7 nitrogen and oxygen atoms in total. The quantitative estimate of drug-likeness (QED) is 0.0868. The van der Waals surface area contributed by atoms with E-state index in [0.29, 0.717) is 33.6 Å². The number of thiocarbonyl (C=S) groups is 1. The fourth-order valence-corrected chi connectivity index (χ4v) is 7.81. The summed E-state index contributed by atoms with van der Waals surface area (Å²) in [4.78, 5) is 40.3. The zero-order valence-electron chi connectivity index (χ0n) is 26.2. The number of fused-ring (bicyclic) bond motifs is 1. The van der Waals surface area contributed by atoms with Crippen molar-refractivity contribution in [3.05, 3.63) is 70.1 Å². The van der Waals surface area contributed by atoms with Crippen LogP contribution in [0.3, 0.4) is 0 Å². The van der Waals surface area contributed by atoms with Crippen LogP contribution >= 0.6 is 35.3 Å². The first-order chi connectivity index (χ1) is 20.9. The van der Waals surface area contributed by atoms with Gasteiger partial charge in [0.1, 0.15) is 5.00 Å². The molecule has 1 aliphatic carbocycles. The van der Waals surface area contributed by atoms with Crippen LogP contribution in [0.2, 0.25) is 0 Å². The molecule has 1 aromatic heterocycles. The SMILES string of the molecule is CCOC(=O)c1c(NC(=O)C(CC)Sc2cccc(NC(=S)Nc3ccc(C(C)=O)cc3)c2)sc2c1CCC(C(C)(C)C)C2. The van der Waals surface area contributed by atoms with Gasteiger partial charge in [0.05, 0.1) is 17.4 Å². The second-order valence-electron chi connectivity index (χ2n) is 12.0. The maximum atomic E-state index is 13.6. The number of nitrogens with one attached hydrogen (secondary N) is 3. The van der Waals surface area contributed by atoms with Crippen LogP contribution in [0, 0.1) is 11.3 Å². The highest BCUT2D eigenvalue weighted by Crippen LogP contribution is 2.45. The minimum atomic E-state index is -0.369. The van der Waals surface area contributed by atoms with Crippen molar-refractivity contribution in [1.82, 2.24) is 0 Å². The van der Waals surface area contributed by atoms with E-state index in [1.165, 1.54) is 34.9 Å². The Morgan fingerprint density at radius 2 is 1.75 bits per heavy atom. The zero-order chi connectivity index (χ0) is 32.0. The first-order valence-corrected chi connectivity index (χ1v) is 17.1. The summed E-state index contributed by atoms with van der Waals surface area (Å²) < 4.78 is 5.42. The number of carbonyl (C=O) groups excluding carboxylic acids is 3. The zero-order valence-corrected chi connectivity index (χ0v) is 28.6. The number of anilines is 3. The number of benzene rings is 2. The Hall–Kier alpha value is -3.21. The van der Waals surface area contributed by atoms with Crippen LogP contribution in [0.1, 0.15) is 85.5 Å². The van der Waals surface area contributed by atoms with Gasteiger partial charge in [0.15, 0.2) is 10.9 Å². The number of thiophene rings is 1. The Morgan fingerprint density at radius 1 is 1.05 bits per heavy atom. The molecule has 0 spiro atoms. The highest BCUT2D eigenvalue weighted by atomic mass is 32.2. The number of amides is 1. The minimum Gasteiger partial charge on any atom is -0.462 e. The maximum absolute atomic E-state index is 13.6. The summed E-state index contributed by atoms with van der Waals surface area (Å²) in [5, 5.41) is 10.1. The lowest BCUT2D eigenvalue weighted by Gasteiger charge is -2.33. The van der Waals surface area contributed by atoms with Gasteiger partial charge < -0.3 is 20.7 Å². The summed E-state index contributed by atoms with van der Waals surface area (Å²) in [6, 6.07) is 14.9. The Bertz CT molecular complexity index is 1530. The molecule has 1 amide bonds. The van der Waals surface area contributed by atoms with E-state index in [9.17, 15) is 14.4 Å². The Morgan fingerprint density at radius 3 is 2.39 bits per heavy atom. The third-order valence-corrected chi connectivity index (χ3v) is 10.5. The molecular formula is C34H41N3O4S3. The number of hydrogen-bond donors (Lipinski definition) is 3. The van der Waals surface area contributed by atoms with Gasteiger partial charge in [-0.25, -0.2) is 4.79 Å². The van der Waals surface area contributed by atoms with Crippen molar-refractivity contribution in [2.45, 2.75) is 77.4 Å². The molecule has 2 unspecified atom stereocenters. The number of ether oxygens (including phenoxy) is 1. The third kappa shape index (κ3) is 8.49. The maximum Gasteiger partial charge on any atom is 0.341 e. The monoisotopic (exact) mass is 651 g/mol. The lowest BCUT2D eigenvalue weighted by molar-refractivity contribution is -0.115. The number of esters is 1. The molecule has 3 aromatic rings. The van der Waals surface area contributed by atoms with Crippen molar-refractivity contribution >= 4 is 74.5 Å². The third-order valence-electron chi connectivity index (χ3n) is 7.79. The van der Waals surface area contributed by atoms with Crippen molar-refractivity contribution in [1.29, 1.82) is 0 Å². The van der Waals surface area contributed by atoms with Gasteiger partial charge >= 0.3 is 5.97 Å². The standard InChI is InChI=1S/C34H41N3O4S3/c1-7-27(43-25-11-9-10-24(19-25)36-33(42)35-23-15-12-21(13-16-23)20(3)38)30(39)37-31-29(32(40)41-8-2)26-17-14-22(34(4,5)6)18-28(26)44-31/h9-13,15-16,19,22,27H,7-8,14,17-18H2,1-6H3,(H,37,39)(H2,35,36,42). The Labute approximate surface area is 273 Å². The molecule has 234 valence electrons. The molecule has 0 bridgehead atoms. The van der Waals surface area contributed by atoms with Gasteiger partial charge in [-0.1, -0.05) is 33.8 Å². The molecule has 0 fully saturated rings. The molecule has 0 radical (unpaired) electrons. The molecule has 0 aliphatic heterocycles. The van der Waals surface area contributed by atoms with E-state index in [4.69, 9.17) is 17.0 Å². The van der Waals surface area contributed by atoms with Crippen LogP contribution in [0.5, 0.6) is 0 Å². The van der Waals surface area contributed by atoms with Crippen molar-refractivity contribution in [3.63, 3.8) is 0 Å². The molecule has 2 atom stereocenters. The minimum absolute atomic E-state index is 0.00816. The van der Waals surface area contributed by atoms with Gasteiger partial charge in [-0.15, -0.1) is 23.1 Å². The normalized spacial score (nSPS) is 15.1. The molecular weight excluding hydrogens is 611 g/mol. The first kappa shape index (κ1) is 33.7. The summed E-state index contributed by atoms with van der Waals surface area (Å²) in [6.07, 6.45) is 3.33. The Balaban J connectivity index is 1.45. The average Bonchev–Trinajstić information content (AvgIpc) is 3.33. The summed E-state index contributed by atoms with van der Waals surface area (Å²) in [6.45, 7) is 12.4. The topological polar surface area (TPSA) is 96.5 Å². The number of ketones is 1. The van der Waals surface area contributed by atoms with E-state index in [1.54, 1.807) is 19.1 Å². The van der Waals surface area contributed by atoms with E-state index in [-0.39, 0.29) is 34.9 Å². The van der Waals surface area contributed by atoms with Gasteiger partial charge in [0.25, 0.3) is 0 Å². The predicted molar refractivity (Wildman–Crippen MR) is 187 cm³/mol. The lowest BCUT2D eigenvalue weighted by atomic mass is 9.72. The first-order valence-electron chi connectivity index (χ1n) is 15.0. The predicted octanol–water partition coefficient (Wildman–Crippen LogP) is 8.60. The van der Waals surface area contributed by atoms with Gasteiger partial charge in [-0.2, -0.15) is 0 Å². The van der Waals surface area contributed by atoms with Gasteiger partial charge in [-0.05, 0) is 111 Å². The van der Waals surface area contributed by atoms with Crippen LogP contribution < -0.4 is 16.0 Å².